The van der Waals surface area contributed by atoms with E-state index in [0.717, 1.165) is 9.87 Å². The van der Waals surface area contributed by atoms with Gasteiger partial charge in [0.15, 0.2) is 0 Å². The van der Waals surface area contributed by atoms with Crippen molar-refractivity contribution in [2.24, 2.45) is 0 Å². The summed E-state index contributed by atoms with van der Waals surface area (Å²) in [5.41, 5.74) is 1.14. The van der Waals surface area contributed by atoms with E-state index in [4.69, 9.17) is 4.74 Å². The summed E-state index contributed by atoms with van der Waals surface area (Å²) in [5.74, 6) is 0.706. The van der Waals surface area contributed by atoms with Crippen molar-refractivity contribution in [3.05, 3.63) is 48.0 Å². The van der Waals surface area contributed by atoms with Crippen LogP contribution in [0.5, 0.6) is 5.75 Å². The van der Waals surface area contributed by atoms with Gasteiger partial charge < -0.3 is 4.74 Å². The van der Waals surface area contributed by atoms with Gasteiger partial charge >= 0.3 is 0 Å². The molecule has 1 aliphatic rings. The van der Waals surface area contributed by atoms with Gasteiger partial charge in [-0.3, -0.25) is 4.72 Å². The number of benzene rings is 2. The molecule has 7 nitrogen and oxygen atoms in total. The van der Waals surface area contributed by atoms with Gasteiger partial charge in [-0.15, -0.1) is 0 Å². The third-order valence-corrected chi connectivity index (χ3v) is 7.06. The molecule has 0 spiro atoms. The molecule has 0 atom stereocenters. The fraction of sp³-hybridized carbons (Fsp3) is 0.250. The Kier molecular flexibility index (Phi) is 4.48. The smallest absolute Gasteiger partial charge is 0.261 e. The lowest BCUT2D eigenvalue weighted by atomic mass is 10.2. The molecule has 0 saturated heterocycles. The lowest BCUT2D eigenvalue weighted by molar-refractivity contribution is 0.356. The zero-order chi connectivity index (χ0) is 18.2. The molecule has 9 heteroatoms. The summed E-state index contributed by atoms with van der Waals surface area (Å²) in [6, 6.07) is 10.3. The Labute approximate surface area is 147 Å². The normalized spacial score (nSPS) is 14.2. The van der Waals surface area contributed by atoms with Crippen LogP contribution in [0.25, 0.3) is 0 Å². The lowest BCUT2D eigenvalue weighted by Crippen LogP contribution is -2.22. The van der Waals surface area contributed by atoms with E-state index in [9.17, 15) is 16.8 Å². The molecule has 134 valence electrons. The largest absolute Gasteiger partial charge is 0.493 e. The first kappa shape index (κ1) is 17.7. The highest BCUT2D eigenvalue weighted by atomic mass is 32.2. The van der Waals surface area contributed by atoms with Crippen molar-refractivity contribution in [2.45, 2.75) is 16.2 Å². The quantitative estimate of drug-likeness (QED) is 0.849. The van der Waals surface area contributed by atoms with Crippen molar-refractivity contribution in [2.75, 3.05) is 25.4 Å². The van der Waals surface area contributed by atoms with E-state index in [1.165, 1.54) is 44.4 Å². The van der Waals surface area contributed by atoms with Crippen molar-refractivity contribution in [3.8, 4) is 5.75 Å². The van der Waals surface area contributed by atoms with Crippen LogP contribution in [0, 0.1) is 0 Å². The first-order valence-corrected chi connectivity index (χ1v) is 10.4. The van der Waals surface area contributed by atoms with E-state index >= 15 is 0 Å². The monoisotopic (exact) mass is 382 g/mol. The predicted octanol–water partition coefficient (Wildman–Crippen LogP) is 1.67. The molecular weight excluding hydrogens is 364 g/mol. The minimum atomic E-state index is -3.76. The molecule has 0 aliphatic carbocycles. The number of ether oxygens (including phenoxy) is 1. The zero-order valence-corrected chi connectivity index (χ0v) is 15.4. The number of hydrogen-bond acceptors (Lipinski definition) is 5. The number of anilines is 1. The summed E-state index contributed by atoms with van der Waals surface area (Å²) in [6.07, 6.45) is 0.676. The molecule has 3 rings (SSSR count). The van der Waals surface area contributed by atoms with Crippen LogP contribution in [-0.4, -0.2) is 41.8 Å². The SMILES string of the molecule is CN(C)S(=O)(=O)c1ccc(NS(=O)(=O)c2ccc3c(c2)CCO3)cc1. The molecule has 25 heavy (non-hydrogen) atoms. The Bertz CT molecular complexity index is 997. The van der Waals surface area contributed by atoms with Gasteiger partial charge in [0.05, 0.1) is 16.4 Å². The van der Waals surface area contributed by atoms with Gasteiger partial charge in [0.2, 0.25) is 10.0 Å². The maximum atomic E-state index is 12.5. The van der Waals surface area contributed by atoms with Gasteiger partial charge in [-0.2, -0.15) is 0 Å². The van der Waals surface area contributed by atoms with E-state index in [0.29, 0.717) is 18.8 Å². The fourth-order valence-corrected chi connectivity index (χ4v) is 4.46. The molecule has 0 bridgehead atoms. The molecule has 0 radical (unpaired) electrons. The Morgan fingerprint density at radius 1 is 0.960 bits per heavy atom. The van der Waals surface area contributed by atoms with Gasteiger partial charge in [-0.1, -0.05) is 0 Å². The van der Waals surface area contributed by atoms with Crippen LogP contribution >= 0.6 is 0 Å². The van der Waals surface area contributed by atoms with Crippen LogP contribution < -0.4 is 9.46 Å². The highest BCUT2D eigenvalue weighted by Gasteiger charge is 2.20. The minimum absolute atomic E-state index is 0.0927. The van der Waals surface area contributed by atoms with Crippen molar-refractivity contribution in [3.63, 3.8) is 0 Å². The second-order valence-corrected chi connectivity index (χ2v) is 9.62. The molecule has 0 aromatic heterocycles. The number of fused-ring (bicyclic) bond motifs is 1. The summed E-state index contributed by atoms with van der Waals surface area (Å²) >= 11 is 0. The van der Waals surface area contributed by atoms with Crippen molar-refractivity contribution in [1.29, 1.82) is 0 Å². The van der Waals surface area contributed by atoms with Crippen LogP contribution in [0.1, 0.15) is 5.56 Å². The fourth-order valence-electron chi connectivity index (χ4n) is 2.45. The van der Waals surface area contributed by atoms with Gasteiger partial charge in [-0.25, -0.2) is 21.1 Å². The molecule has 0 unspecified atom stereocenters. The van der Waals surface area contributed by atoms with Crippen LogP contribution in [0.3, 0.4) is 0 Å². The lowest BCUT2D eigenvalue weighted by Gasteiger charge is -2.12. The second kappa shape index (κ2) is 6.32. The average molecular weight is 382 g/mol. The summed E-state index contributed by atoms with van der Waals surface area (Å²) in [4.78, 5) is 0.233. The Hall–Kier alpha value is -2.10. The summed E-state index contributed by atoms with van der Waals surface area (Å²) in [6.45, 7) is 0.550. The molecule has 0 amide bonds. The zero-order valence-electron chi connectivity index (χ0n) is 13.8. The molecule has 1 heterocycles. The van der Waals surface area contributed by atoms with E-state index in [1.807, 2.05) is 0 Å². The standard InChI is InChI=1S/C16H18N2O5S2/c1-18(2)25(21,22)14-5-3-13(4-6-14)17-24(19,20)15-7-8-16-12(11-15)9-10-23-16/h3-8,11,17H,9-10H2,1-2H3. The summed E-state index contributed by atoms with van der Waals surface area (Å²) in [5, 5.41) is 0. The van der Waals surface area contributed by atoms with E-state index in [-0.39, 0.29) is 15.5 Å². The summed E-state index contributed by atoms with van der Waals surface area (Å²) in [7, 11) is -4.45. The third kappa shape index (κ3) is 3.48. The minimum Gasteiger partial charge on any atom is -0.493 e. The second-order valence-electron chi connectivity index (χ2n) is 5.79. The van der Waals surface area contributed by atoms with E-state index in [1.54, 1.807) is 12.1 Å². The topological polar surface area (TPSA) is 92.8 Å². The van der Waals surface area contributed by atoms with Crippen molar-refractivity contribution < 1.29 is 21.6 Å². The highest BCUT2D eigenvalue weighted by molar-refractivity contribution is 7.92. The Morgan fingerprint density at radius 2 is 1.60 bits per heavy atom. The third-order valence-electron chi connectivity index (χ3n) is 3.86. The molecule has 1 N–H and O–H groups in total. The number of nitrogens with zero attached hydrogens (tertiary/aromatic N) is 1. The molecule has 2 aromatic rings. The number of sulfonamides is 2. The van der Waals surface area contributed by atoms with Crippen molar-refractivity contribution in [1.82, 2.24) is 4.31 Å². The van der Waals surface area contributed by atoms with Crippen molar-refractivity contribution >= 4 is 25.7 Å². The van der Waals surface area contributed by atoms with Gasteiger partial charge in [0.1, 0.15) is 5.75 Å². The molecular formula is C16H18N2O5S2. The first-order valence-electron chi connectivity index (χ1n) is 7.51. The number of nitrogens with one attached hydrogen (secondary N) is 1. The number of hydrogen-bond donors (Lipinski definition) is 1. The number of rotatable bonds is 5. The van der Waals surface area contributed by atoms with Gasteiger partial charge in [0, 0.05) is 26.2 Å². The van der Waals surface area contributed by atoms with Crippen LogP contribution in [0.15, 0.2) is 52.3 Å². The van der Waals surface area contributed by atoms with Gasteiger partial charge in [-0.05, 0) is 48.0 Å². The van der Waals surface area contributed by atoms with E-state index < -0.39 is 20.0 Å². The predicted molar refractivity (Wildman–Crippen MR) is 93.8 cm³/mol. The van der Waals surface area contributed by atoms with E-state index in [2.05, 4.69) is 4.72 Å². The Balaban J connectivity index is 1.84. The molecule has 1 aliphatic heterocycles. The Morgan fingerprint density at radius 3 is 2.24 bits per heavy atom. The maximum absolute atomic E-state index is 12.5. The van der Waals surface area contributed by atoms with Crippen LogP contribution in [0.2, 0.25) is 0 Å². The average Bonchev–Trinajstić information content (AvgIpc) is 3.02. The summed E-state index contributed by atoms with van der Waals surface area (Å²) < 4.78 is 58.0. The van der Waals surface area contributed by atoms with Crippen LogP contribution in [0.4, 0.5) is 5.69 Å². The highest BCUT2D eigenvalue weighted by Crippen LogP contribution is 2.28. The molecule has 0 fully saturated rings. The molecule has 2 aromatic carbocycles. The maximum Gasteiger partial charge on any atom is 0.261 e. The molecule has 0 saturated carbocycles. The van der Waals surface area contributed by atoms with Gasteiger partial charge in [0.25, 0.3) is 10.0 Å². The first-order chi connectivity index (χ1) is 11.7. The van der Waals surface area contributed by atoms with Crippen LogP contribution in [-0.2, 0) is 26.5 Å².